The van der Waals surface area contributed by atoms with Gasteiger partial charge in [0.25, 0.3) is 0 Å². The molecule has 1 N–H and O–H groups in total. The Morgan fingerprint density at radius 1 is 1.57 bits per heavy atom. The van der Waals surface area contributed by atoms with Crippen LogP contribution in [0, 0.1) is 0 Å². The summed E-state index contributed by atoms with van der Waals surface area (Å²) in [5.41, 5.74) is 1.24. The van der Waals surface area contributed by atoms with Crippen molar-refractivity contribution in [2.75, 3.05) is 6.26 Å². The smallest absolute Gasteiger partial charge is 0.146 e. The second-order valence-electron chi connectivity index (χ2n) is 2.88. The van der Waals surface area contributed by atoms with E-state index >= 15 is 0 Å². The van der Waals surface area contributed by atoms with Gasteiger partial charge < -0.3 is 5.11 Å². The highest BCUT2D eigenvalue weighted by Crippen LogP contribution is 2.40. The van der Waals surface area contributed by atoms with E-state index in [1.54, 1.807) is 23.1 Å². The number of thiophene rings is 1. The second-order valence-corrected chi connectivity index (χ2v) is 5.21. The molecule has 0 saturated heterocycles. The standard InChI is InChI=1S/C10H9BrOS2/c1-13-8-4-6(5-11)7-2-3-14-10(7)9(8)12/h2-4,12H,5H2,1H3. The van der Waals surface area contributed by atoms with Gasteiger partial charge in [-0.15, -0.1) is 23.1 Å². The van der Waals surface area contributed by atoms with Crippen molar-refractivity contribution in [3.05, 3.63) is 23.1 Å². The molecule has 0 bridgehead atoms. The van der Waals surface area contributed by atoms with Gasteiger partial charge in [-0.2, -0.15) is 0 Å². The maximum Gasteiger partial charge on any atom is 0.146 e. The highest BCUT2D eigenvalue weighted by atomic mass is 79.9. The number of benzene rings is 1. The zero-order chi connectivity index (χ0) is 10.1. The Hall–Kier alpha value is -0.190. The van der Waals surface area contributed by atoms with E-state index in [0.717, 1.165) is 20.3 Å². The lowest BCUT2D eigenvalue weighted by molar-refractivity contribution is 0.470. The van der Waals surface area contributed by atoms with E-state index in [4.69, 9.17) is 0 Å². The number of hydrogen-bond acceptors (Lipinski definition) is 3. The molecule has 1 aromatic carbocycles. The minimum atomic E-state index is 0.423. The van der Waals surface area contributed by atoms with Crippen molar-refractivity contribution in [1.29, 1.82) is 0 Å². The van der Waals surface area contributed by atoms with Crippen LogP contribution in [0.5, 0.6) is 5.75 Å². The van der Waals surface area contributed by atoms with Crippen LogP contribution in [-0.4, -0.2) is 11.4 Å². The van der Waals surface area contributed by atoms with Crippen LogP contribution in [0.25, 0.3) is 10.1 Å². The van der Waals surface area contributed by atoms with Gasteiger partial charge in [0.2, 0.25) is 0 Å². The zero-order valence-electron chi connectivity index (χ0n) is 7.58. The van der Waals surface area contributed by atoms with E-state index < -0.39 is 0 Å². The SMILES string of the molecule is CSc1cc(CBr)c2ccsc2c1O. The lowest BCUT2D eigenvalue weighted by Gasteiger charge is -2.06. The summed E-state index contributed by atoms with van der Waals surface area (Å²) < 4.78 is 0.992. The Kier molecular flexibility index (Phi) is 3.04. The largest absolute Gasteiger partial charge is 0.505 e. The fourth-order valence-corrected chi connectivity index (χ4v) is 3.40. The second kappa shape index (κ2) is 4.13. The van der Waals surface area contributed by atoms with E-state index in [1.807, 2.05) is 17.7 Å². The van der Waals surface area contributed by atoms with Crippen LogP contribution in [0.1, 0.15) is 5.56 Å². The molecule has 0 radical (unpaired) electrons. The molecule has 0 aliphatic rings. The molecule has 4 heteroatoms. The molecule has 0 unspecified atom stereocenters. The molecular weight excluding hydrogens is 280 g/mol. The number of thioether (sulfide) groups is 1. The fourth-order valence-electron chi connectivity index (χ4n) is 1.43. The number of phenols is 1. The molecule has 0 fully saturated rings. The van der Waals surface area contributed by atoms with Gasteiger partial charge >= 0.3 is 0 Å². The highest BCUT2D eigenvalue weighted by molar-refractivity contribution is 9.08. The topological polar surface area (TPSA) is 20.2 Å². The van der Waals surface area contributed by atoms with E-state index in [-0.39, 0.29) is 0 Å². The molecule has 74 valence electrons. The lowest BCUT2D eigenvalue weighted by Crippen LogP contribution is -1.81. The fraction of sp³-hybridized carbons (Fsp3) is 0.200. The zero-order valence-corrected chi connectivity index (χ0v) is 10.8. The summed E-state index contributed by atoms with van der Waals surface area (Å²) in [4.78, 5) is 0.953. The molecule has 14 heavy (non-hydrogen) atoms. The van der Waals surface area contributed by atoms with Crippen LogP contribution >= 0.6 is 39.0 Å². The third kappa shape index (κ3) is 1.55. The molecule has 2 aromatic rings. The molecule has 0 aliphatic carbocycles. The summed E-state index contributed by atoms with van der Waals surface area (Å²) in [6.45, 7) is 0. The molecule has 0 amide bonds. The Morgan fingerprint density at radius 2 is 2.36 bits per heavy atom. The Balaban J connectivity index is 2.80. The van der Waals surface area contributed by atoms with Crippen molar-refractivity contribution in [3.8, 4) is 5.75 Å². The number of rotatable bonds is 2. The number of halogens is 1. The van der Waals surface area contributed by atoms with Gasteiger partial charge in [-0.25, -0.2) is 0 Å². The minimum absolute atomic E-state index is 0.423. The van der Waals surface area contributed by atoms with Crippen LogP contribution in [0.15, 0.2) is 22.4 Å². The van der Waals surface area contributed by atoms with Crippen molar-refractivity contribution < 1.29 is 5.11 Å². The Labute approximate surface area is 99.3 Å². The number of aromatic hydroxyl groups is 1. The van der Waals surface area contributed by atoms with E-state index in [9.17, 15) is 5.11 Å². The Morgan fingerprint density at radius 3 is 3.00 bits per heavy atom. The highest BCUT2D eigenvalue weighted by Gasteiger charge is 2.10. The van der Waals surface area contributed by atoms with Crippen molar-refractivity contribution in [2.45, 2.75) is 10.2 Å². The van der Waals surface area contributed by atoms with Crippen LogP contribution in [-0.2, 0) is 5.33 Å². The summed E-state index contributed by atoms with van der Waals surface area (Å²) in [5.74, 6) is 0.423. The molecule has 1 heterocycles. The van der Waals surface area contributed by atoms with Crippen LogP contribution in [0.4, 0.5) is 0 Å². The average Bonchev–Trinajstić information content (AvgIpc) is 2.68. The molecular formula is C10H9BrOS2. The summed E-state index contributed by atoms with van der Waals surface area (Å²) in [5, 5.41) is 13.9. The molecule has 0 saturated carbocycles. The van der Waals surface area contributed by atoms with Gasteiger partial charge in [0.15, 0.2) is 0 Å². The number of phenolic OH excluding ortho intramolecular Hbond substituents is 1. The van der Waals surface area contributed by atoms with Gasteiger partial charge in [0, 0.05) is 10.7 Å². The third-order valence-electron chi connectivity index (χ3n) is 2.13. The summed E-state index contributed by atoms with van der Waals surface area (Å²) in [7, 11) is 0. The van der Waals surface area contributed by atoms with Crippen molar-refractivity contribution in [2.24, 2.45) is 0 Å². The lowest BCUT2D eigenvalue weighted by atomic mass is 10.1. The first kappa shape index (κ1) is 10.3. The first-order chi connectivity index (χ1) is 6.77. The maximum atomic E-state index is 9.93. The molecule has 0 spiro atoms. The van der Waals surface area contributed by atoms with Crippen molar-refractivity contribution >= 4 is 49.1 Å². The molecule has 0 atom stereocenters. The molecule has 1 nitrogen and oxygen atoms in total. The monoisotopic (exact) mass is 288 g/mol. The predicted molar refractivity (Wildman–Crippen MR) is 67.9 cm³/mol. The average molecular weight is 289 g/mol. The first-order valence-electron chi connectivity index (χ1n) is 4.10. The summed E-state index contributed by atoms with van der Waals surface area (Å²) in [6, 6.07) is 4.10. The summed E-state index contributed by atoms with van der Waals surface area (Å²) >= 11 is 6.63. The maximum absolute atomic E-state index is 9.93. The predicted octanol–water partition coefficient (Wildman–Crippen LogP) is 4.22. The molecule has 0 aliphatic heterocycles. The number of hydrogen-bond donors (Lipinski definition) is 1. The van der Waals surface area contributed by atoms with E-state index in [2.05, 4.69) is 22.0 Å². The van der Waals surface area contributed by atoms with Crippen molar-refractivity contribution in [3.63, 3.8) is 0 Å². The van der Waals surface area contributed by atoms with Crippen LogP contribution in [0.3, 0.4) is 0 Å². The van der Waals surface area contributed by atoms with E-state index in [0.29, 0.717) is 5.75 Å². The molecule has 2 rings (SSSR count). The van der Waals surface area contributed by atoms with E-state index in [1.165, 1.54) is 5.56 Å². The van der Waals surface area contributed by atoms with Gasteiger partial charge in [0.1, 0.15) is 5.75 Å². The van der Waals surface area contributed by atoms with Crippen LogP contribution in [0.2, 0.25) is 0 Å². The van der Waals surface area contributed by atoms with Gasteiger partial charge in [-0.3, -0.25) is 0 Å². The first-order valence-corrected chi connectivity index (χ1v) is 7.32. The van der Waals surface area contributed by atoms with Gasteiger partial charge in [-0.05, 0) is 29.3 Å². The third-order valence-corrected chi connectivity index (χ3v) is 4.41. The normalized spacial score (nSPS) is 11.0. The Bertz CT molecular complexity index is 464. The molecule has 1 aromatic heterocycles. The van der Waals surface area contributed by atoms with Crippen molar-refractivity contribution in [1.82, 2.24) is 0 Å². The number of alkyl halides is 1. The number of fused-ring (bicyclic) bond motifs is 1. The minimum Gasteiger partial charge on any atom is -0.505 e. The summed E-state index contributed by atoms with van der Waals surface area (Å²) in [6.07, 6.45) is 1.98. The van der Waals surface area contributed by atoms with Gasteiger partial charge in [-0.1, -0.05) is 15.9 Å². The van der Waals surface area contributed by atoms with Gasteiger partial charge in [0.05, 0.1) is 9.60 Å². The quantitative estimate of drug-likeness (QED) is 0.659. The van der Waals surface area contributed by atoms with Crippen LogP contribution < -0.4 is 0 Å².